The molecule has 2 aliphatic rings. The average molecular weight is 206 g/mol. The molecule has 1 N–H and O–H groups in total. The molecule has 1 unspecified atom stereocenters. The van der Waals surface area contributed by atoms with Crippen molar-refractivity contribution in [3.8, 4) is 0 Å². The molecular formula is C13H18O2. The monoisotopic (exact) mass is 206 g/mol. The molecule has 0 spiro atoms. The molecule has 0 radical (unpaired) electrons. The van der Waals surface area contributed by atoms with Gasteiger partial charge in [0.05, 0.1) is 6.61 Å². The summed E-state index contributed by atoms with van der Waals surface area (Å²) >= 11 is 0. The lowest BCUT2D eigenvalue weighted by Crippen LogP contribution is -2.27. The predicted octanol–water partition coefficient (Wildman–Crippen LogP) is 2.38. The molecule has 0 aromatic carbocycles. The van der Waals surface area contributed by atoms with Crippen LogP contribution in [0.15, 0.2) is 22.8 Å². The fourth-order valence-corrected chi connectivity index (χ4v) is 3.13. The maximum absolute atomic E-state index is 11.7. The first-order valence-corrected chi connectivity index (χ1v) is 5.65. The van der Waals surface area contributed by atoms with E-state index in [1.54, 1.807) is 0 Å². The number of fused-ring (bicyclic) bond motifs is 1. The van der Waals surface area contributed by atoms with Gasteiger partial charge in [0.15, 0.2) is 5.78 Å². The van der Waals surface area contributed by atoms with E-state index in [-0.39, 0.29) is 17.8 Å². The summed E-state index contributed by atoms with van der Waals surface area (Å²) in [5.41, 5.74) is 3.41. The minimum absolute atomic E-state index is 0.0702. The van der Waals surface area contributed by atoms with Gasteiger partial charge in [0.2, 0.25) is 0 Å². The van der Waals surface area contributed by atoms with E-state index in [4.69, 9.17) is 0 Å². The van der Waals surface area contributed by atoms with Crippen molar-refractivity contribution in [1.82, 2.24) is 0 Å². The second-order valence-corrected chi connectivity index (χ2v) is 4.68. The van der Waals surface area contributed by atoms with Gasteiger partial charge in [0.1, 0.15) is 0 Å². The first-order valence-electron chi connectivity index (χ1n) is 5.65. The summed E-state index contributed by atoms with van der Waals surface area (Å²) < 4.78 is 0. The van der Waals surface area contributed by atoms with Crippen molar-refractivity contribution in [1.29, 1.82) is 0 Å². The SMILES string of the molecule is CC=C1CCC2=C(CO)C(=O)CCC12C. The van der Waals surface area contributed by atoms with Gasteiger partial charge in [-0.05, 0) is 26.2 Å². The summed E-state index contributed by atoms with van der Waals surface area (Å²) in [4.78, 5) is 11.7. The van der Waals surface area contributed by atoms with E-state index in [1.165, 1.54) is 11.1 Å². The van der Waals surface area contributed by atoms with E-state index in [1.807, 2.05) is 0 Å². The minimum Gasteiger partial charge on any atom is -0.392 e. The van der Waals surface area contributed by atoms with Crippen molar-refractivity contribution in [3.63, 3.8) is 0 Å². The third kappa shape index (κ3) is 1.39. The molecular weight excluding hydrogens is 188 g/mol. The lowest BCUT2D eigenvalue weighted by atomic mass is 9.70. The first-order chi connectivity index (χ1) is 7.13. The maximum Gasteiger partial charge on any atom is 0.161 e. The Bertz CT molecular complexity index is 363. The molecule has 82 valence electrons. The average Bonchev–Trinajstić information content (AvgIpc) is 2.56. The van der Waals surface area contributed by atoms with Crippen LogP contribution in [0.25, 0.3) is 0 Å². The van der Waals surface area contributed by atoms with Gasteiger partial charge in [-0.25, -0.2) is 0 Å². The highest BCUT2D eigenvalue weighted by Crippen LogP contribution is 2.53. The van der Waals surface area contributed by atoms with E-state index in [0.29, 0.717) is 12.0 Å². The van der Waals surface area contributed by atoms with Gasteiger partial charge in [-0.15, -0.1) is 0 Å². The highest BCUT2D eigenvalue weighted by atomic mass is 16.3. The van der Waals surface area contributed by atoms with Crippen molar-refractivity contribution in [2.24, 2.45) is 5.41 Å². The maximum atomic E-state index is 11.7. The summed E-state index contributed by atoms with van der Waals surface area (Å²) in [7, 11) is 0. The second kappa shape index (κ2) is 3.60. The Morgan fingerprint density at radius 2 is 2.13 bits per heavy atom. The number of carbonyl (C=O) groups is 1. The van der Waals surface area contributed by atoms with Crippen molar-refractivity contribution >= 4 is 5.78 Å². The van der Waals surface area contributed by atoms with Crippen LogP contribution in [0, 0.1) is 5.41 Å². The summed E-state index contributed by atoms with van der Waals surface area (Å²) in [6.45, 7) is 4.20. The van der Waals surface area contributed by atoms with Crippen LogP contribution < -0.4 is 0 Å². The van der Waals surface area contributed by atoms with Gasteiger partial charge in [0.25, 0.3) is 0 Å². The number of aliphatic hydroxyl groups is 1. The van der Waals surface area contributed by atoms with E-state index < -0.39 is 0 Å². The van der Waals surface area contributed by atoms with E-state index >= 15 is 0 Å². The number of Topliss-reactive ketones (excluding diaryl/α,β-unsaturated/α-hetero) is 1. The van der Waals surface area contributed by atoms with E-state index in [9.17, 15) is 9.90 Å². The van der Waals surface area contributed by atoms with Crippen molar-refractivity contribution < 1.29 is 9.90 Å². The minimum atomic E-state index is -0.0826. The number of hydrogen-bond acceptors (Lipinski definition) is 2. The Kier molecular flexibility index (Phi) is 2.55. The quantitative estimate of drug-likeness (QED) is 0.669. The van der Waals surface area contributed by atoms with Gasteiger partial charge < -0.3 is 5.11 Å². The second-order valence-electron chi connectivity index (χ2n) is 4.68. The topological polar surface area (TPSA) is 37.3 Å². The van der Waals surface area contributed by atoms with Gasteiger partial charge >= 0.3 is 0 Å². The number of carbonyl (C=O) groups excluding carboxylic acids is 1. The van der Waals surface area contributed by atoms with Crippen LogP contribution in [-0.2, 0) is 4.79 Å². The number of rotatable bonds is 1. The molecule has 15 heavy (non-hydrogen) atoms. The number of allylic oxidation sites excluding steroid dienone is 3. The molecule has 0 bridgehead atoms. The van der Waals surface area contributed by atoms with E-state index in [0.717, 1.165) is 19.3 Å². The van der Waals surface area contributed by atoms with Crippen LogP contribution in [-0.4, -0.2) is 17.5 Å². The molecule has 1 atom stereocenters. The Hall–Kier alpha value is -0.890. The third-order valence-electron chi connectivity index (χ3n) is 4.08. The molecule has 0 aliphatic heterocycles. The largest absolute Gasteiger partial charge is 0.392 e. The molecule has 0 saturated heterocycles. The van der Waals surface area contributed by atoms with Gasteiger partial charge in [-0.2, -0.15) is 0 Å². The third-order valence-corrected chi connectivity index (χ3v) is 4.08. The Balaban J connectivity index is 2.53. The number of hydrogen-bond donors (Lipinski definition) is 1. The fourth-order valence-electron chi connectivity index (χ4n) is 3.13. The molecule has 2 nitrogen and oxygen atoms in total. The summed E-state index contributed by atoms with van der Waals surface area (Å²) in [5, 5.41) is 9.28. The molecule has 1 saturated carbocycles. The van der Waals surface area contributed by atoms with Gasteiger partial charge in [-0.3, -0.25) is 4.79 Å². The van der Waals surface area contributed by atoms with Crippen LogP contribution >= 0.6 is 0 Å². The highest BCUT2D eigenvalue weighted by molar-refractivity contribution is 5.98. The molecule has 1 fully saturated rings. The van der Waals surface area contributed by atoms with Crippen LogP contribution in [0.5, 0.6) is 0 Å². The molecule has 0 heterocycles. The van der Waals surface area contributed by atoms with Gasteiger partial charge in [-0.1, -0.05) is 24.1 Å². The standard InChI is InChI=1S/C13H18O2/c1-3-9-4-5-11-10(8-14)12(15)6-7-13(9,11)2/h3,14H,4-8H2,1-2H3. The Labute approximate surface area is 90.7 Å². The first kappa shape index (κ1) is 10.6. The van der Waals surface area contributed by atoms with Crippen LogP contribution in [0.3, 0.4) is 0 Å². The van der Waals surface area contributed by atoms with Crippen molar-refractivity contribution in [3.05, 3.63) is 22.8 Å². The molecule has 2 aliphatic carbocycles. The van der Waals surface area contributed by atoms with Crippen LogP contribution in [0.2, 0.25) is 0 Å². The van der Waals surface area contributed by atoms with E-state index in [2.05, 4.69) is 19.9 Å². The molecule has 2 heteroatoms. The fraction of sp³-hybridized carbons (Fsp3) is 0.615. The lowest BCUT2D eigenvalue weighted by Gasteiger charge is -2.33. The summed E-state index contributed by atoms with van der Waals surface area (Å²) in [5.74, 6) is 0.155. The zero-order valence-corrected chi connectivity index (χ0v) is 9.47. The lowest BCUT2D eigenvalue weighted by molar-refractivity contribution is -0.117. The number of ketones is 1. The Morgan fingerprint density at radius 3 is 2.73 bits per heavy atom. The highest BCUT2D eigenvalue weighted by Gasteiger charge is 2.43. The van der Waals surface area contributed by atoms with Crippen molar-refractivity contribution in [2.45, 2.75) is 39.5 Å². The Morgan fingerprint density at radius 1 is 1.40 bits per heavy atom. The molecule has 0 aromatic heterocycles. The van der Waals surface area contributed by atoms with Crippen molar-refractivity contribution in [2.75, 3.05) is 6.61 Å². The van der Waals surface area contributed by atoms with Crippen LogP contribution in [0.1, 0.15) is 39.5 Å². The predicted molar refractivity (Wildman–Crippen MR) is 59.5 cm³/mol. The van der Waals surface area contributed by atoms with Crippen LogP contribution in [0.4, 0.5) is 0 Å². The molecule has 0 amide bonds. The summed E-state index contributed by atoms with van der Waals surface area (Å²) in [6.07, 6.45) is 5.70. The normalized spacial score (nSPS) is 33.8. The zero-order chi connectivity index (χ0) is 11.1. The summed E-state index contributed by atoms with van der Waals surface area (Å²) in [6, 6.07) is 0. The smallest absolute Gasteiger partial charge is 0.161 e. The molecule has 2 rings (SSSR count). The zero-order valence-electron chi connectivity index (χ0n) is 9.47. The molecule has 0 aromatic rings. The number of aliphatic hydroxyl groups excluding tert-OH is 1. The van der Waals surface area contributed by atoms with Gasteiger partial charge in [0, 0.05) is 17.4 Å².